The van der Waals surface area contributed by atoms with Crippen LogP contribution in [0.3, 0.4) is 0 Å². The van der Waals surface area contributed by atoms with Gasteiger partial charge in [-0.05, 0) is 31.4 Å². The Bertz CT molecular complexity index is 404. The molecule has 1 saturated carbocycles. The monoisotopic (exact) mass is 252 g/mol. The summed E-state index contributed by atoms with van der Waals surface area (Å²) in [5.74, 6) is 0.0171. The summed E-state index contributed by atoms with van der Waals surface area (Å²) in [4.78, 5) is 18.3. The van der Waals surface area contributed by atoms with Crippen molar-refractivity contribution in [3.63, 3.8) is 0 Å². The van der Waals surface area contributed by atoms with Crippen molar-refractivity contribution in [2.24, 2.45) is 0 Å². The lowest BCUT2D eigenvalue weighted by atomic mass is 10.2. The molecule has 0 aromatic carbocycles. The minimum atomic E-state index is 0.0171. The minimum absolute atomic E-state index is 0.0171. The number of halogens is 1. The lowest BCUT2D eigenvalue weighted by Gasteiger charge is -2.21. The fraction of sp³-hybridized carbons (Fsp3) is 0.538. The van der Waals surface area contributed by atoms with Gasteiger partial charge in [0.1, 0.15) is 5.69 Å². The molecule has 0 saturated heterocycles. The molecule has 1 aromatic heterocycles. The van der Waals surface area contributed by atoms with Crippen LogP contribution >= 0.6 is 11.6 Å². The van der Waals surface area contributed by atoms with Gasteiger partial charge < -0.3 is 4.90 Å². The molecule has 1 fully saturated rings. The molecule has 2 rings (SSSR count). The van der Waals surface area contributed by atoms with Crippen molar-refractivity contribution in [2.75, 3.05) is 6.54 Å². The molecular formula is C13H17ClN2O. The molecule has 0 bridgehead atoms. The van der Waals surface area contributed by atoms with E-state index in [4.69, 9.17) is 11.6 Å². The smallest absolute Gasteiger partial charge is 0.272 e. The molecule has 1 aromatic rings. The third-order valence-corrected chi connectivity index (χ3v) is 3.18. The first kappa shape index (κ1) is 12.4. The van der Waals surface area contributed by atoms with Gasteiger partial charge in [0.05, 0.1) is 0 Å². The Hall–Kier alpha value is -1.09. The van der Waals surface area contributed by atoms with E-state index in [-0.39, 0.29) is 5.91 Å². The molecule has 0 atom stereocenters. The van der Waals surface area contributed by atoms with E-state index in [1.54, 1.807) is 18.3 Å². The molecule has 17 heavy (non-hydrogen) atoms. The van der Waals surface area contributed by atoms with Crippen molar-refractivity contribution in [3.8, 4) is 0 Å². The molecule has 1 heterocycles. The second-order valence-electron chi connectivity index (χ2n) is 4.44. The minimum Gasteiger partial charge on any atom is -0.334 e. The standard InChI is InChI=1S/C13H17ClN2O/c1-2-3-8-16(11-4-5-11)13(17)12-9-10(14)6-7-15-12/h6-7,9,11H,2-5,8H2,1H3. The quantitative estimate of drug-likeness (QED) is 0.807. The molecule has 4 heteroatoms. The van der Waals surface area contributed by atoms with E-state index in [1.807, 2.05) is 4.90 Å². The van der Waals surface area contributed by atoms with E-state index in [9.17, 15) is 4.79 Å². The molecule has 92 valence electrons. The molecule has 1 aliphatic carbocycles. The average molecular weight is 253 g/mol. The number of rotatable bonds is 5. The van der Waals surface area contributed by atoms with Crippen LogP contribution in [0.25, 0.3) is 0 Å². The van der Waals surface area contributed by atoms with Crippen molar-refractivity contribution in [1.82, 2.24) is 9.88 Å². The van der Waals surface area contributed by atoms with Crippen molar-refractivity contribution in [2.45, 2.75) is 38.6 Å². The number of hydrogen-bond acceptors (Lipinski definition) is 2. The van der Waals surface area contributed by atoms with Crippen molar-refractivity contribution in [3.05, 3.63) is 29.0 Å². The molecule has 0 unspecified atom stereocenters. The SMILES string of the molecule is CCCCN(C(=O)c1cc(Cl)ccn1)C1CC1. The lowest BCUT2D eigenvalue weighted by Crippen LogP contribution is -2.34. The van der Waals surface area contributed by atoms with Crippen LogP contribution in [0.2, 0.25) is 5.02 Å². The topological polar surface area (TPSA) is 33.2 Å². The van der Waals surface area contributed by atoms with Crippen LogP contribution in [-0.2, 0) is 0 Å². The highest BCUT2D eigenvalue weighted by molar-refractivity contribution is 6.30. The Balaban J connectivity index is 2.10. The maximum absolute atomic E-state index is 12.3. The van der Waals surface area contributed by atoms with Crippen LogP contribution in [0, 0.1) is 0 Å². The van der Waals surface area contributed by atoms with E-state index in [0.717, 1.165) is 32.2 Å². The predicted octanol–water partition coefficient (Wildman–Crippen LogP) is 3.14. The number of amides is 1. The van der Waals surface area contributed by atoms with Crippen LogP contribution in [0.1, 0.15) is 43.1 Å². The van der Waals surface area contributed by atoms with E-state index in [1.165, 1.54) is 0 Å². The Kier molecular flexibility index (Phi) is 4.00. The van der Waals surface area contributed by atoms with Gasteiger partial charge in [-0.25, -0.2) is 0 Å². The number of carbonyl (C=O) groups is 1. The summed E-state index contributed by atoms with van der Waals surface area (Å²) in [6, 6.07) is 3.76. The molecule has 1 amide bonds. The first-order chi connectivity index (χ1) is 8.22. The summed E-state index contributed by atoms with van der Waals surface area (Å²) in [7, 11) is 0. The summed E-state index contributed by atoms with van der Waals surface area (Å²) < 4.78 is 0. The summed E-state index contributed by atoms with van der Waals surface area (Å²) in [6.45, 7) is 2.96. The van der Waals surface area contributed by atoms with Crippen molar-refractivity contribution >= 4 is 17.5 Å². The number of carbonyl (C=O) groups excluding carboxylic acids is 1. The average Bonchev–Trinajstić information content (AvgIpc) is 3.14. The van der Waals surface area contributed by atoms with Gasteiger partial charge in [-0.2, -0.15) is 0 Å². The maximum atomic E-state index is 12.3. The Labute approximate surface area is 107 Å². The number of nitrogens with zero attached hydrogens (tertiary/aromatic N) is 2. The Morgan fingerprint density at radius 3 is 2.94 bits per heavy atom. The largest absolute Gasteiger partial charge is 0.334 e. The van der Waals surface area contributed by atoms with Gasteiger partial charge in [0.25, 0.3) is 5.91 Å². The maximum Gasteiger partial charge on any atom is 0.272 e. The van der Waals surface area contributed by atoms with Gasteiger partial charge in [-0.3, -0.25) is 9.78 Å². The van der Waals surface area contributed by atoms with Gasteiger partial charge in [0, 0.05) is 23.8 Å². The summed E-state index contributed by atoms with van der Waals surface area (Å²) in [6.07, 6.45) is 5.97. The van der Waals surface area contributed by atoms with Crippen molar-refractivity contribution in [1.29, 1.82) is 0 Å². The van der Waals surface area contributed by atoms with Crippen LogP contribution in [-0.4, -0.2) is 28.4 Å². The highest BCUT2D eigenvalue weighted by atomic mass is 35.5. The van der Waals surface area contributed by atoms with E-state index < -0.39 is 0 Å². The number of unbranched alkanes of at least 4 members (excludes halogenated alkanes) is 1. The van der Waals surface area contributed by atoms with E-state index >= 15 is 0 Å². The highest BCUT2D eigenvalue weighted by Gasteiger charge is 2.32. The van der Waals surface area contributed by atoms with Gasteiger partial charge in [-0.15, -0.1) is 0 Å². The molecule has 1 aliphatic rings. The van der Waals surface area contributed by atoms with Crippen LogP contribution in [0.5, 0.6) is 0 Å². The van der Waals surface area contributed by atoms with E-state index in [2.05, 4.69) is 11.9 Å². The second-order valence-corrected chi connectivity index (χ2v) is 4.88. The van der Waals surface area contributed by atoms with Crippen molar-refractivity contribution < 1.29 is 4.79 Å². The zero-order valence-corrected chi connectivity index (χ0v) is 10.8. The Morgan fingerprint density at radius 1 is 1.59 bits per heavy atom. The van der Waals surface area contributed by atoms with E-state index in [0.29, 0.717) is 16.8 Å². The zero-order valence-electron chi connectivity index (χ0n) is 10.0. The van der Waals surface area contributed by atoms with Gasteiger partial charge in [0.2, 0.25) is 0 Å². The van der Waals surface area contributed by atoms with Crippen LogP contribution < -0.4 is 0 Å². The molecular weight excluding hydrogens is 236 g/mol. The van der Waals surface area contributed by atoms with Gasteiger partial charge in [-0.1, -0.05) is 24.9 Å². The van der Waals surface area contributed by atoms with Crippen LogP contribution in [0.15, 0.2) is 18.3 Å². The Morgan fingerprint density at radius 2 is 2.35 bits per heavy atom. The normalized spacial score (nSPS) is 14.7. The number of hydrogen-bond donors (Lipinski definition) is 0. The number of aromatic nitrogens is 1. The molecule has 0 N–H and O–H groups in total. The third kappa shape index (κ3) is 3.19. The summed E-state index contributed by atoms with van der Waals surface area (Å²) in [5.41, 5.74) is 0.459. The molecule has 0 radical (unpaired) electrons. The second kappa shape index (κ2) is 5.50. The first-order valence-corrected chi connectivity index (χ1v) is 6.52. The molecule has 3 nitrogen and oxygen atoms in total. The number of pyridine rings is 1. The van der Waals surface area contributed by atoms with Crippen LogP contribution in [0.4, 0.5) is 0 Å². The summed E-state index contributed by atoms with van der Waals surface area (Å²) >= 11 is 5.88. The third-order valence-electron chi connectivity index (χ3n) is 2.94. The summed E-state index contributed by atoms with van der Waals surface area (Å²) in [5, 5.41) is 0.564. The highest BCUT2D eigenvalue weighted by Crippen LogP contribution is 2.28. The predicted molar refractivity (Wildman–Crippen MR) is 68.2 cm³/mol. The fourth-order valence-corrected chi connectivity index (χ4v) is 1.99. The molecule has 0 aliphatic heterocycles. The van der Waals surface area contributed by atoms with Gasteiger partial charge >= 0.3 is 0 Å². The first-order valence-electron chi connectivity index (χ1n) is 6.15. The molecule has 0 spiro atoms. The lowest BCUT2D eigenvalue weighted by molar-refractivity contribution is 0.0735. The van der Waals surface area contributed by atoms with Gasteiger partial charge in [0.15, 0.2) is 0 Å². The fourth-order valence-electron chi connectivity index (χ4n) is 1.83. The zero-order chi connectivity index (χ0) is 12.3.